The Bertz CT molecular complexity index is 871. The summed E-state index contributed by atoms with van der Waals surface area (Å²) in [7, 11) is 1.86. The predicted octanol–water partition coefficient (Wildman–Crippen LogP) is 1.19. The molecule has 2 atom stereocenters. The van der Waals surface area contributed by atoms with E-state index < -0.39 is 17.0 Å². The molecule has 0 spiro atoms. The zero-order chi connectivity index (χ0) is 17.6. The lowest BCUT2D eigenvalue weighted by Gasteiger charge is -2.24. The monoisotopic (exact) mass is 333 g/mol. The number of hydrogen-bond donors (Lipinski definition) is 3. The van der Waals surface area contributed by atoms with Crippen LogP contribution in [0, 0.1) is 0 Å². The molecule has 0 aliphatic carbocycles. The van der Waals surface area contributed by atoms with Gasteiger partial charge >= 0.3 is 0 Å². The van der Waals surface area contributed by atoms with E-state index in [0.717, 1.165) is 12.1 Å². The molecule has 2 aromatic rings. The third-order valence-corrected chi connectivity index (χ3v) is 4.73. The highest BCUT2D eigenvalue weighted by molar-refractivity contribution is 5.95. The van der Waals surface area contributed by atoms with Gasteiger partial charge in [0.15, 0.2) is 17.0 Å². The molecule has 0 saturated carbocycles. The Kier molecular flexibility index (Phi) is 4.06. The van der Waals surface area contributed by atoms with Crippen molar-refractivity contribution in [2.75, 3.05) is 20.2 Å². The number of carbonyl (C=O) groups excluding carboxylic acids is 1. The number of aliphatic hydroxyl groups is 1. The first-order valence-corrected chi connectivity index (χ1v) is 7.69. The van der Waals surface area contributed by atoms with Gasteiger partial charge in [-0.3, -0.25) is 9.59 Å². The SMILES string of the molecule is CC(=O)c1cc(=O)c2c(O)cc(O)c(C3CCN(C)C3CO)c2o1. The molecule has 3 rings (SSSR count). The molecule has 1 aliphatic rings. The summed E-state index contributed by atoms with van der Waals surface area (Å²) in [6.45, 7) is 1.85. The molecule has 1 aliphatic heterocycles. The molecular formula is C17H19NO6. The minimum Gasteiger partial charge on any atom is -0.507 e. The Morgan fingerprint density at radius 2 is 2.04 bits per heavy atom. The first-order valence-electron chi connectivity index (χ1n) is 7.69. The first kappa shape index (κ1) is 16.5. The fourth-order valence-electron chi connectivity index (χ4n) is 3.46. The predicted molar refractivity (Wildman–Crippen MR) is 86.7 cm³/mol. The fraction of sp³-hybridized carbons (Fsp3) is 0.412. The maximum absolute atomic E-state index is 12.3. The largest absolute Gasteiger partial charge is 0.507 e. The van der Waals surface area contributed by atoms with Crippen molar-refractivity contribution in [2.24, 2.45) is 0 Å². The molecule has 1 saturated heterocycles. The number of nitrogens with zero attached hydrogens (tertiary/aromatic N) is 1. The van der Waals surface area contributed by atoms with Gasteiger partial charge in [-0.1, -0.05) is 0 Å². The topological polar surface area (TPSA) is 111 Å². The number of carbonyl (C=O) groups is 1. The Balaban J connectivity index is 2.35. The number of ketones is 1. The number of phenolic OH excluding ortho intramolecular Hbond substituents is 2. The number of hydrogen-bond acceptors (Lipinski definition) is 7. The lowest BCUT2D eigenvalue weighted by molar-refractivity contribution is 0.0987. The van der Waals surface area contributed by atoms with Crippen LogP contribution in [0.1, 0.15) is 35.4 Å². The smallest absolute Gasteiger partial charge is 0.197 e. The number of fused-ring (bicyclic) bond motifs is 1. The minimum absolute atomic E-state index is 0.00366. The maximum Gasteiger partial charge on any atom is 0.197 e. The number of Topliss-reactive ketones (excluding diaryl/α,β-unsaturated/α-hetero) is 1. The van der Waals surface area contributed by atoms with Crippen LogP contribution in [0.4, 0.5) is 0 Å². The van der Waals surface area contributed by atoms with Gasteiger partial charge < -0.3 is 24.6 Å². The van der Waals surface area contributed by atoms with E-state index in [4.69, 9.17) is 4.42 Å². The fourth-order valence-corrected chi connectivity index (χ4v) is 3.46. The molecule has 24 heavy (non-hydrogen) atoms. The van der Waals surface area contributed by atoms with Crippen LogP contribution in [0.5, 0.6) is 11.5 Å². The Labute approximate surface area is 137 Å². The summed E-state index contributed by atoms with van der Waals surface area (Å²) in [5.41, 5.74) is -0.206. The van der Waals surface area contributed by atoms with Crippen LogP contribution < -0.4 is 5.43 Å². The van der Waals surface area contributed by atoms with Crippen molar-refractivity contribution in [1.29, 1.82) is 0 Å². The van der Waals surface area contributed by atoms with Gasteiger partial charge in [-0.2, -0.15) is 0 Å². The number of rotatable bonds is 3. The van der Waals surface area contributed by atoms with E-state index in [9.17, 15) is 24.9 Å². The van der Waals surface area contributed by atoms with Crippen molar-refractivity contribution >= 4 is 16.8 Å². The molecule has 2 heterocycles. The van der Waals surface area contributed by atoms with Crippen LogP contribution in [-0.4, -0.2) is 52.2 Å². The quantitative estimate of drug-likeness (QED) is 0.723. The first-order chi connectivity index (χ1) is 11.3. The van der Waals surface area contributed by atoms with Crippen molar-refractivity contribution < 1.29 is 24.5 Å². The van der Waals surface area contributed by atoms with Gasteiger partial charge in [0, 0.05) is 36.6 Å². The van der Waals surface area contributed by atoms with Crippen LogP contribution in [0.15, 0.2) is 21.3 Å². The van der Waals surface area contributed by atoms with Gasteiger partial charge in [0.1, 0.15) is 22.5 Å². The van der Waals surface area contributed by atoms with Gasteiger partial charge in [0.25, 0.3) is 0 Å². The highest BCUT2D eigenvalue weighted by atomic mass is 16.3. The lowest BCUT2D eigenvalue weighted by atomic mass is 9.89. The van der Waals surface area contributed by atoms with Crippen molar-refractivity contribution in [2.45, 2.75) is 25.3 Å². The third kappa shape index (κ3) is 2.46. The number of likely N-dealkylation sites (N-methyl/N-ethyl adjacent to an activating group) is 1. The average Bonchev–Trinajstić information content (AvgIpc) is 2.86. The third-order valence-electron chi connectivity index (χ3n) is 4.73. The highest BCUT2D eigenvalue weighted by Gasteiger charge is 2.36. The molecule has 3 N–H and O–H groups in total. The van der Waals surface area contributed by atoms with Crippen LogP contribution in [0.3, 0.4) is 0 Å². The van der Waals surface area contributed by atoms with Gasteiger partial charge in [0.05, 0.1) is 6.61 Å². The van der Waals surface area contributed by atoms with E-state index in [1.165, 1.54) is 6.92 Å². The zero-order valence-electron chi connectivity index (χ0n) is 13.4. The van der Waals surface area contributed by atoms with Gasteiger partial charge in [0.2, 0.25) is 0 Å². The molecule has 7 heteroatoms. The summed E-state index contributed by atoms with van der Waals surface area (Å²) in [5, 5.41) is 30.0. The molecule has 0 bridgehead atoms. The summed E-state index contributed by atoms with van der Waals surface area (Å²) in [6, 6.07) is 1.89. The van der Waals surface area contributed by atoms with E-state index in [1.54, 1.807) is 0 Å². The number of phenols is 2. The van der Waals surface area contributed by atoms with Crippen molar-refractivity contribution in [3.8, 4) is 11.5 Å². The van der Waals surface area contributed by atoms with Crippen molar-refractivity contribution in [3.63, 3.8) is 0 Å². The standard InChI is InChI=1S/C17H19NO6/c1-8(20)14-6-13(23)16-12(22)5-11(21)15(17(16)24-14)9-3-4-18(2)10(9)7-19/h5-6,9-10,19,21-22H,3-4,7H2,1-2H3. The number of aromatic hydroxyl groups is 2. The molecule has 1 aromatic heterocycles. The van der Waals surface area contributed by atoms with Crippen LogP contribution >= 0.6 is 0 Å². The normalized spacial score (nSPS) is 21.5. The number of benzene rings is 1. The molecule has 2 unspecified atom stereocenters. The summed E-state index contributed by atoms with van der Waals surface area (Å²) in [4.78, 5) is 25.9. The van der Waals surface area contributed by atoms with Crippen LogP contribution in [0.2, 0.25) is 0 Å². The molecule has 128 valence electrons. The van der Waals surface area contributed by atoms with E-state index in [1.807, 2.05) is 11.9 Å². The van der Waals surface area contributed by atoms with E-state index in [0.29, 0.717) is 18.5 Å². The van der Waals surface area contributed by atoms with Crippen LogP contribution in [-0.2, 0) is 0 Å². The Hall–Kier alpha value is -2.38. The second-order valence-electron chi connectivity index (χ2n) is 6.19. The number of aliphatic hydroxyl groups excluding tert-OH is 1. The van der Waals surface area contributed by atoms with Gasteiger partial charge in [-0.15, -0.1) is 0 Å². The number of likely N-dealkylation sites (tertiary alicyclic amines) is 1. The zero-order valence-corrected chi connectivity index (χ0v) is 13.4. The molecular weight excluding hydrogens is 314 g/mol. The Morgan fingerprint density at radius 3 is 2.67 bits per heavy atom. The van der Waals surface area contributed by atoms with E-state index in [2.05, 4.69) is 0 Å². The highest BCUT2D eigenvalue weighted by Crippen LogP contribution is 2.43. The maximum atomic E-state index is 12.3. The molecule has 7 nitrogen and oxygen atoms in total. The second kappa shape index (κ2) is 5.92. The van der Waals surface area contributed by atoms with Gasteiger partial charge in [-0.05, 0) is 20.0 Å². The summed E-state index contributed by atoms with van der Waals surface area (Å²) >= 11 is 0. The summed E-state index contributed by atoms with van der Waals surface area (Å²) < 4.78 is 5.57. The summed E-state index contributed by atoms with van der Waals surface area (Å²) in [5.74, 6) is -1.46. The Morgan fingerprint density at radius 1 is 1.33 bits per heavy atom. The second-order valence-corrected chi connectivity index (χ2v) is 6.19. The van der Waals surface area contributed by atoms with Crippen molar-refractivity contribution in [1.82, 2.24) is 4.90 Å². The average molecular weight is 333 g/mol. The summed E-state index contributed by atoms with van der Waals surface area (Å²) in [6.07, 6.45) is 0.642. The lowest BCUT2D eigenvalue weighted by Crippen LogP contribution is -2.32. The molecule has 0 amide bonds. The van der Waals surface area contributed by atoms with Crippen molar-refractivity contribution in [3.05, 3.63) is 33.7 Å². The molecule has 1 aromatic carbocycles. The van der Waals surface area contributed by atoms with E-state index in [-0.39, 0.29) is 41.0 Å². The van der Waals surface area contributed by atoms with E-state index >= 15 is 0 Å². The minimum atomic E-state index is -0.549. The molecule has 0 radical (unpaired) electrons. The van der Waals surface area contributed by atoms with Gasteiger partial charge in [-0.25, -0.2) is 0 Å². The van der Waals surface area contributed by atoms with Crippen LogP contribution in [0.25, 0.3) is 11.0 Å². The molecule has 1 fully saturated rings.